The summed E-state index contributed by atoms with van der Waals surface area (Å²) >= 11 is 0. The molecule has 74 valence electrons. The van der Waals surface area contributed by atoms with Crippen molar-refractivity contribution in [2.75, 3.05) is 0 Å². The van der Waals surface area contributed by atoms with Gasteiger partial charge in [0.15, 0.2) is 0 Å². The molecule has 1 aromatic rings. The average molecular weight is 182 g/mol. The maximum atomic E-state index is 9.72. The summed E-state index contributed by atoms with van der Waals surface area (Å²) < 4.78 is 1.80. The van der Waals surface area contributed by atoms with Crippen LogP contribution >= 0.6 is 0 Å². The maximum absolute atomic E-state index is 9.72. The highest BCUT2D eigenvalue weighted by Gasteiger charge is 2.12. The van der Waals surface area contributed by atoms with Crippen molar-refractivity contribution in [1.82, 2.24) is 9.78 Å². The molecule has 1 rings (SSSR count). The largest absolute Gasteiger partial charge is 0.391 e. The van der Waals surface area contributed by atoms with E-state index < -0.39 is 0 Å². The predicted molar refractivity (Wildman–Crippen MR) is 52.4 cm³/mol. The van der Waals surface area contributed by atoms with E-state index in [1.165, 1.54) is 0 Å². The third kappa shape index (κ3) is 2.84. The molecule has 2 unspecified atom stereocenters. The third-order valence-corrected chi connectivity index (χ3v) is 2.45. The van der Waals surface area contributed by atoms with E-state index in [1.54, 1.807) is 4.68 Å². The molecule has 0 aromatic carbocycles. The van der Waals surface area contributed by atoms with E-state index in [1.807, 2.05) is 19.2 Å². The molecule has 0 spiro atoms. The van der Waals surface area contributed by atoms with Crippen LogP contribution in [0, 0.1) is 12.8 Å². The van der Waals surface area contributed by atoms with Gasteiger partial charge in [-0.15, -0.1) is 0 Å². The van der Waals surface area contributed by atoms with Gasteiger partial charge in [-0.1, -0.05) is 20.3 Å². The summed E-state index contributed by atoms with van der Waals surface area (Å²) in [5.74, 6) is 0.338. The van der Waals surface area contributed by atoms with E-state index >= 15 is 0 Å². The first-order valence-electron chi connectivity index (χ1n) is 4.81. The van der Waals surface area contributed by atoms with E-state index in [0.29, 0.717) is 12.5 Å². The van der Waals surface area contributed by atoms with Crippen molar-refractivity contribution >= 4 is 0 Å². The van der Waals surface area contributed by atoms with Gasteiger partial charge in [0.05, 0.1) is 18.3 Å². The molecule has 3 heteroatoms. The Labute approximate surface area is 79.4 Å². The van der Waals surface area contributed by atoms with Gasteiger partial charge in [-0.05, 0) is 18.9 Å². The van der Waals surface area contributed by atoms with Crippen LogP contribution in [0.2, 0.25) is 0 Å². The van der Waals surface area contributed by atoms with Gasteiger partial charge in [0.2, 0.25) is 0 Å². The van der Waals surface area contributed by atoms with E-state index in [9.17, 15) is 5.11 Å². The quantitative estimate of drug-likeness (QED) is 0.768. The molecule has 3 nitrogen and oxygen atoms in total. The minimum absolute atomic E-state index is 0.288. The van der Waals surface area contributed by atoms with Crippen molar-refractivity contribution < 1.29 is 5.11 Å². The van der Waals surface area contributed by atoms with Crippen molar-refractivity contribution in [2.45, 2.75) is 39.8 Å². The summed E-state index contributed by atoms with van der Waals surface area (Å²) in [6.07, 6.45) is 2.62. The van der Waals surface area contributed by atoms with Crippen molar-refractivity contribution in [3.05, 3.63) is 18.0 Å². The molecule has 2 atom stereocenters. The van der Waals surface area contributed by atoms with Gasteiger partial charge in [0, 0.05) is 6.20 Å². The fourth-order valence-corrected chi connectivity index (χ4v) is 1.21. The van der Waals surface area contributed by atoms with Gasteiger partial charge in [-0.2, -0.15) is 5.10 Å². The number of hydrogen-bond donors (Lipinski definition) is 1. The Morgan fingerprint density at radius 1 is 1.62 bits per heavy atom. The lowest BCUT2D eigenvalue weighted by Crippen LogP contribution is -2.23. The Bertz CT molecular complexity index is 257. The van der Waals surface area contributed by atoms with Crippen molar-refractivity contribution in [1.29, 1.82) is 0 Å². The van der Waals surface area contributed by atoms with Crippen LogP contribution in [-0.4, -0.2) is 21.0 Å². The molecule has 0 fully saturated rings. The van der Waals surface area contributed by atoms with Gasteiger partial charge < -0.3 is 5.11 Å². The number of aromatic nitrogens is 2. The van der Waals surface area contributed by atoms with Gasteiger partial charge >= 0.3 is 0 Å². The second-order valence-corrected chi connectivity index (χ2v) is 3.63. The molecule has 0 aliphatic carbocycles. The summed E-state index contributed by atoms with van der Waals surface area (Å²) in [6, 6.07) is 1.95. The molecule has 0 saturated carbocycles. The van der Waals surface area contributed by atoms with Gasteiger partial charge in [0.1, 0.15) is 0 Å². The normalized spacial score (nSPS) is 15.7. The average Bonchev–Trinajstić information content (AvgIpc) is 2.49. The van der Waals surface area contributed by atoms with Crippen LogP contribution in [0.15, 0.2) is 12.3 Å². The van der Waals surface area contributed by atoms with Gasteiger partial charge in [0.25, 0.3) is 0 Å². The fraction of sp³-hybridized carbons (Fsp3) is 0.700. The molecule has 13 heavy (non-hydrogen) atoms. The fourth-order valence-electron chi connectivity index (χ4n) is 1.21. The first-order chi connectivity index (χ1) is 6.13. The third-order valence-electron chi connectivity index (χ3n) is 2.45. The first-order valence-corrected chi connectivity index (χ1v) is 4.81. The second-order valence-electron chi connectivity index (χ2n) is 3.63. The van der Waals surface area contributed by atoms with Crippen LogP contribution < -0.4 is 0 Å². The number of aliphatic hydroxyl groups is 1. The lowest BCUT2D eigenvalue weighted by molar-refractivity contribution is 0.0928. The minimum atomic E-state index is -0.288. The van der Waals surface area contributed by atoms with Crippen LogP contribution in [0.4, 0.5) is 0 Å². The summed E-state index contributed by atoms with van der Waals surface area (Å²) in [4.78, 5) is 0. The van der Waals surface area contributed by atoms with E-state index in [2.05, 4.69) is 18.9 Å². The molecule has 0 aliphatic rings. The Morgan fingerprint density at radius 3 is 2.77 bits per heavy atom. The summed E-state index contributed by atoms with van der Waals surface area (Å²) in [5.41, 5.74) is 0.997. The maximum Gasteiger partial charge on any atom is 0.0761 e. The van der Waals surface area contributed by atoms with Gasteiger partial charge in [-0.3, -0.25) is 4.68 Å². The molecule has 0 aliphatic heterocycles. The highest BCUT2D eigenvalue weighted by Crippen LogP contribution is 2.09. The highest BCUT2D eigenvalue weighted by atomic mass is 16.3. The smallest absolute Gasteiger partial charge is 0.0761 e. The Balaban J connectivity index is 2.49. The van der Waals surface area contributed by atoms with Crippen molar-refractivity contribution in [2.24, 2.45) is 5.92 Å². The molecule has 0 bridgehead atoms. The second kappa shape index (κ2) is 4.42. The molecule has 1 aromatic heterocycles. The van der Waals surface area contributed by atoms with Gasteiger partial charge in [-0.25, -0.2) is 0 Å². The zero-order valence-corrected chi connectivity index (χ0v) is 8.57. The predicted octanol–water partition coefficient (Wildman–Crippen LogP) is 1.60. The Morgan fingerprint density at radius 2 is 2.31 bits per heavy atom. The lowest BCUT2D eigenvalue weighted by Gasteiger charge is -2.16. The Hall–Kier alpha value is -0.830. The van der Waals surface area contributed by atoms with Crippen LogP contribution in [-0.2, 0) is 6.54 Å². The van der Waals surface area contributed by atoms with Crippen LogP contribution in [0.1, 0.15) is 26.0 Å². The van der Waals surface area contributed by atoms with Crippen molar-refractivity contribution in [3.8, 4) is 0 Å². The number of nitrogens with zero attached hydrogens (tertiary/aromatic N) is 2. The molecular formula is C10H18N2O. The molecule has 0 amide bonds. The molecular weight excluding hydrogens is 164 g/mol. The topological polar surface area (TPSA) is 38.0 Å². The SMILES string of the molecule is CCC(C)C(O)Cn1ccc(C)n1. The summed E-state index contributed by atoms with van der Waals surface area (Å²) in [5, 5.41) is 13.9. The monoisotopic (exact) mass is 182 g/mol. The summed E-state index contributed by atoms with van der Waals surface area (Å²) in [7, 11) is 0. The zero-order valence-electron chi connectivity index (χ0n) is 8.57. The molecule has 0 radical (unpaired) electrons. The minimum Gasteiger partial charge on any atom is -0.391 e. The number of aliphatic hydroxyl groups excluding tert-OH is 1. The van der Waals surface area contributed by atoms with Crippen LogP contribution in [0.25, 0.3) is 0 Å². The van der Waals surface area contributed by atoms with E-state index in [0.717, 1.165) is 12.1 Å². The Kier molecular flexibility index (Phi) is 3.48. The number of hydrogen-bond acceptors (Lipinski definition) is 2. The molecule has 0 saturated heterocycles. The van der Waals surface area contributed by atoms with E-state index in [4.69, 9.17) is 0 Å². The van der Waals surface area contributed by atoms with Crippen LogP contribution in [0.5, 0.6) is 0 Å². The van der Waals surface area contributed by atoms with Crippen LogP contribution in [0.3, 0.4) is 0 Å². The lowest BCUT2D eigenvalue weighted by atomic mass is 10.0. The van der Waals surface area contributed by atoms with Crippen molar-refractivity contribution in [3.63, 3.8) is 0 Å². The standard InChI is InChI=1S/C10H18N2O/c1-4-8(2)10(13)7-12-6-5-9(3)11-12/h5-6,8,10,13H,4,7H2,1-3H3. The van der Waals surface area contributed by atoms with E-state index in [-0.39, 0.29) is 6.10 Å². The molecule has 1 heterocycles. The first kappa shape index (κ1) is 10.3. The summed E-state index contributed by atoms with van der Waals surface area (Å²) in [6.45, 7) is 6.69. The number of rotatable bonds is 4. The number of aryl methyl sites for hydroxylation is 1. The highest BCUT2D eigenvalue weighted by molar-refractivity contribution is 4.94. The molecule has 1 N–H and O–H groups in total. The zero-order chi connectivity index (χ0) is 9.84.